The van der Waals surface area contributed by atoms with Crippen molar-refractivity contribution in [2.24, 2.45) is 0 Å². The van der Waals surface area contributed by atoms with Crippen molar-refractivity contribution in [3.05, 3.63) is 65.3 Å². The second kappa shape index (κ2) is 6.52. The van der Waals surface area contributed by atoms with Crippen LogP contribution in [-0.4, -0.2) is 52.8 Å². The summed E-state index contributed by atoms with van der Waals surface area (Å²) in [7, 11) is -3.30. The smallest absolute Gasteiger partial charge is 0.290 e. The van der Waals surface area contributed by atoms with Crippen molar-refractivity contribution in [3.63, 3.8) is 0 Å². The zero-order valence-corrected chi connectivity index (χ0v) is 15.4. The first kappa shape index (κ1) is 18.3. The first-order chi connectivity index (χ1) is 13.3. The number of amides is 1. The summed E-state index contributed by atoms with van der Waals surface area (Å²) in [5.41, 5.74) is 0.296. The number of carbonyl (C=O) groups excluding carboxylic acids is 2. The van der Waals surface area contributed by atoms with Crippen LogP contribution in [0.3, 0.4) is 0 Å². The molecule has 146 valence electrons. The number of nitrogens with zero attached hydrogens (tertiary/aromatic N) is 1. The van der Waals surface area contributed by atoms with Crippen molar-refractivity contribution >= 4 is 21.5 Å². The van der Waals surface area contributed by atoms with Gasteiger partial charge >= 0.3 is 0 Å². The van der Waals surface area contributed by atoms with Gasteiger partial charge in [0.05, 0.1) is 29.4 Å². The standard InChI is InChI=1S/C19H17NO7S/c21-13-5-3-11(4-6-13)16-15(17(22)14-2-1-8-27-14)18(23)19(24)20(16)12-7-9-28(25,26)10-12/h1-6,8,12,16,21,23H,7,9-10H2. The molecule has 0 radical (unpaired) electrons. The summed E-state index contributed by atoms with van der Waals surface area (Å²) < 4.78 is 29.0. The van der Waals surface area contributed by atoms with E-state index in [4.69, 9.17) is 4.42 Å². The van der Waals surface area contributed by atoms with Crippen LogP contribution in [0.5, 0.6) is 5.75 Å². The third-order valence-electron chi connectivity index (χ3n) is 5.04. The van der Waals surface area contributed by atoms with Gasteiger partial charge in [-0.15, -0.1) is 0 Å². The van der Waals surface area contributed by atoms with Gasteiger partial charge in [0.1, 0.15) is 5.75 Å². The molecule has 0 aliphatic carbocycles. The number of aromatic hydroxyl groups is 1. The second-order valence-electron chi connectivity index (χ2n) is 6.83. The number of carbonyl (C=O) groups is 2. The Morgan fingerprint density at radius 3 is 2.43 bits per heavy atom. The number of benzene rings is 1. The van der Waals surface area contributed by atoms with Gasteiger partial charge in [-0.3, -0.25) is 9.59 Å². The SMILES string of the molecule is O=C(C1=C(O)C(=O)N(C2CCS(=O)(=O)C2)C1c1ccc(O)cc1)c1ccco1. The number of hydrogen-bond donors (Lipinski definition) is 2. The lowest BCUT2D eigenvalue weighted by Gasteiger charge is -2.31. The van der Waals surface area contributed by atoms with Crippen molar-refractivity contribution in [1.82, 2.24) is 4.90 Å². The van der Waals surface area contributed by atoms with Crippen LogP contribution in [0.4, 0.5) is 0 Å². The van der Waals surface area contributed by atoms with E-state index in [0.717, 1.165) is 0 Å². The fraction of sp³-hybridized carbons (Fsp3) is 0.263. The Morgan fingerprint density at radius 1 is 1.14 bits per heavy atom. The third kappa shape index (κ3) is 2.97. The summed E-state index contributed by atoms with van der Waals surface area (Å²) in [6.45, 7) is 0. The van der Waals surface area contributed by atoms with Crippen molar-refractivity contribution in [1.29, 1.82) is 0 Å². The molecule has 1 fully saturated rings. The molecule has 1 saturated heterocycles. The summed E-state index contributed by atoms with van der Waals surface area (Å²) in [6.07, 6.45) is 1.52. The molecule has 4 rings (SSSR count). The van der Waals surface area contributed by atoms with E-state index in [1.165, 1.54) is 47.6 Å². The fourth-order valence-electron chi connectivity index (χ4n) is 3.75. The molecule has 1 amide bonds. The lowest BCUT2D eigenvalue weighted by atomic mass is 9.94. The molecular weight excluding hydrogens is 386 g/mol. The van der Waals surface area contributed by atoms with Crippen molar-refractivity contribution in [2.45, 2.75) is 18.5 Å². The zero-order chi connectivity index (χ0) is 20.1. The number of phenols is 1. The minimum Gasteiger partial charge on any atom is -0.508 e. The molecule has 3 heterocycles. The van der Waals surface area contributed by atoms with Gasteiger partial charge < -0.3 is 19.5 Å². The molecule has 2 aromatic rings. The number of sulfone groups is 1. The highest BCUT2D eigenvalue weighted by molar-refractivity contribution is 7.91. The minimum absolute atomic E-state index is 0.00446. The monoisotopic (exact) mass is 403 g/mol. The summed E-state index contributed by atoms with van der Waals surface area (Å²) in [6, 6.07) is 7.13. The van der Waals surface area contributed by atoms with Gasteiger partial charge in [-0.05, 0) is 36.2 Å². The average Bonchev–Trinajstić information content (AvgIpc) is 3.35. The average molecular weight is 403 g/mol. The van der Waals surface area contributed by atoms with E-state index < -0.39 is 39.4 Å². The Bertz CT molecular complexity index is 1070. The van der Waals surface area contributed by atoms with Crippen LogP contribution in [0, 0.1) is 0 Å². The normalized spacial score (nSPS) is 24.1. The number of Topliss-reactive ketones (excluding diaryl/α,β-unsaturated/α-hetero) is 1. The van der Waals surface area contributed by atoms with Crippen LogP contribution >= 0.6 is 0 Å². The van der Waals surface area contributed by atoms with Crippen LogP contribution in [0.1, 0.15) is 28.6 Å². The molecule has 9 heteroatoms. The second-order valence-corrected chi connectivity index (χ2v) is 9.06. The molecule has 2 N–H and O–H groups in total. The van der Waals surface area contributed by atoms with E-state index in [1.54, 1.807) is 0 Å². The van der Waals surface area contributed by atoms with Gasteiger partial charge in [-0.1, -0.05) is 12.1 Å². The molecule has 2 aliphatic heterocycles. The molecule has 1 aromatic heterocycles. The molecule has 1 aromatic carbocycles. The quantitative estimate of drug-likeness (QED) is 0.745. The van der Waals surface area contributed by atoms with Gasteiger partial charge in [0.25, 0.3) is 5.91 Å². The van der Waals surface area contributed by atoms with E-state index in [-0.39, 0.29) is 35.0 Å². The maximum Gasteiger partial charge on any atom is 0.290 e. The van der Waals surface area contributed by atoms with E-state index in [0.29, 0.717) is 5.56 Å². The largest absolute Gasteiger partial charge is 0.508 e. The summed E-state index contributed by atoms with van der Waals surface area (Å²) in [5, 5.41) is 20.1. The molecule has 0 saturated carbocycles. The van der Waals surface area contributed by atoms with Gasteiger partial charge in [0.15, 0.2) is 21.4 Å². The van der Waals surface area contributed by atoms with Gasteiger partial charge in [0.2, 0.25) is 5.78 Å². The lowest BCUT2D eigenvalue weighted by Crippen LogP contribution is -2.41. The van der Waals surface area contributed by atoms with Crippen LogP contribution in [-0.2, 0) is 14.6 Å². The minimum atomic E-state index is -3.30. The Kier molecular flexibility index (Phi) is 4.26. The number of hydrogen-bond acceptors (Lipinski definition) is 7. The van der Waals surface area contributed by atoms with Crippen molar-refractivity contribution in [3.8, 4) is 5.75 Å². The molecule has 2 unspecified atom stereocenters. The highest BCUT2D eigenvalue weighted by atomic mass is 32.2. The zero-order valence-electron chi connectivity index (χ0n) is 14.6. The van der Waals surface area contributed by atoms with Crippen molar-refractivity contribution < 1.29 is 32.6 Å². The Hall–Kier alpha value is -3.07. The highest BCUT2D eigenvalue weighted by Gasteiger charge is 2.49. The van der Waals surface area contributed by atoms with Gasteiger partial charge in [-0.25, -0.2) is 8.42 Å². The van der Waals surface area contributed by atoms with E-state index in [2.05, 4.69) is 0 Å². The number of furan rings is 1. The van der Waals surface area contributed by atoms with Gasteiger partial charge in [-0.2, -0.15) is 0 Å². The predicted molar refractivity (Wildman–Crippen MR) is 97.4 cm³/mol. The molecule has 8 nitrogen and oxygen atoms in total. The fourth-order valence-corrected chi connectivity index (χ4v) is 5.46. The highest BCUT2D eigenvalue weighted by Crippen LogP contribution is 2.42. The Balaban J connectivity index is 1.82. The van der Waals surface area contributed by atoms with Crippen LogP contribution in [0.2, 0.25) is 0 Å². The molecule has 28 heavy (non-hydrogen) atoms. The van der Waals surface area contributed by atoms with Crippen LogP contribution in [0.25, 0.3) is 0 Å². The molecular formula is C19H17NO7S. The summed E-state index contributed by atoms with van der Waals surface area (Å²) in [5.74, 6) is -2.51. The van der Waals surface area contributed by atoms with E-state index in [9.17, 15) is 28.2 Å². The lowest BCUT2D eigenvalue weighted by molar-refractivity contribution is -0.131. The van der Waals surface area contributed by atoms with E-state index in [1.807, 2.05) is 0 Å². The molecule has 2 aliphatic rings. The first-order valence-corrected chi connectivity index (χ1v) is 10.4. The van der Waals surface area contributed by atoms with Crippen LogP contribution in [0.15, 0.2) is 58.4 Å². The topological polar surface area (TPSA) is 125 Å². The molecule has 0 spiro atoms. The number of rotatable bonds is 4. The maximum absolute atomic E-state index is 12.9. The van der Waals surface area contributed by atoms with Crippen LogP contribution < -0.4 is 0 Å². The van der Waals surface area contributed by atoms with Gasteiger partial charge in [0, 0.05) is 6.04 Å². The van der Waals surface area contributed by atoms with E-state index >= 15 is 0 Å². The number of ketones is 1. The molecule has 0 bridgehead atoms. The summed E-state index contributed by atoms with van der Waals surface area (Å²) >= 11 is 0. The summed E-state index contributed by atoms with van der Waals surface area (Å²) in [4.78, 5) is 27.0. The Morgan fingerprint density at radius 2 is 1.86 bits per heavy atom. The number of aliphatic hydroxyl groups excluding tert-OH is 1. The predicted octanol–water partition coefficient (Wildman–Crippen LogP) is 1.75. The Labute approximate surface area is 160 Å². The van der Waals surface area contributed by atoms with Crippen molar-refractivity contribution in [2.75, 3.05) is 11.5 Å². The number of aliphatic hydroxyl groups is 1. The molecule has 2 atom stereocenters. The third-order valence-corrected chi connectivity index (χ3v) is 6.79. The number of phenolic OH excluding ortho intramolecular Hbond substituents is 1. The maximum atomic E-state index is 12.9. The first-order valence-electron chi connectivity index (χ1n) is 8.62.